The number of nitrogens with zero attached hydrogens (tertiary/aromatic N) is 2. The van der Waals surface area contributed by atoms with Crippen molar-refractivity contribution in [1.29, 1.82) is 0 Å². The quantitative estimate of drug-likeness (QED) is 0.501. The van der Waals surface area contributed by atoms with Crippen LogP contribution in [0.5, 0.6) is 0 Å². The normalized spacial score (nSPS) is 13.2. The molecule has 0 aromatic heterocycles. The van der Waals surface area contributed by atoms with Gasteiger partial charge in [0.15, 0.2) is 17.5 Å². The fraction of sp³-hybridized carbons (Fsp3) is 0.400. The SMILES string of the molecule is CCCN(CC(=O)NCc1ccc(C(=O)N2CCCC2)cc1)CC(=O)Nc1ccc(F)c(F)c1F. The van der Waals surface area contributed by atoms with Crippen LogP contribution in [-0.4, -0.2) is 60.2 Å². The van der Waals surface area contributed by atoms with Crippen molar-refractivity contribution in [2.75, 3.05) is 38.0 Å². The summed E-state index contributed by atoms with van der Waals surface area (Å²) in [6.45, 7) is 3.80. The molecular weight excluding hydrogens is 461 g/mol. The number of anilines is 1. The van der Waals surface area contributed by atoms with Crippen molar-refractivity contribution in [3.63, 3.8) is 0 Å². The summed E-state index contributed by atoms with van der Waals surface area (Å²) < 4.78 is 40.2. The van der Waals surface area contributed by atoms with Crippen molar-refractivity contribution in [3.05, 3.63) is 65.0 Å². The minimum atomic E-state index is -1.67. The van der Waals surface area contributed by atoms with E-state index in [1.54, 1.807) is 29.2 Å². The molecule has 35 heavy (non-hydrogen) atoms. The highest BCUT2D eigenvalue weighted by Crippen LogP contribution is 2.19. The van der Waals surface area contributed by atoms with E-state index in [2.05, 4.69) is 10.6 Å². The molecule has 0 unspecified atom stereocenters. The Labute approximate surface area is 202 Å². The van der Waals surface area contributed by atoms with Gasteiger partial charge in [0.2, 0.25) is 11.8 Å². The van der Waals surface area contributed by atoms with E-state index in [0.717, 1.165) is 43.6 Å². The maximum atomic E-state index is 13.8. The topological polar surface area (TPSA) is 81.8 Å². The second-order valence-corrected chi connectivity index (χ2v) is 8.45. The van der Waals surface area contributed by atoms with Crippen molar-refractivity contribution in [3.8, 4) is 0 Å². The molecule has 0 atom stereocenters. The summed E-state index contributed by atoms with van der Waals surface area (Å²) in [6, 6.07) is 8.72. The molecule has 1 aliphatic heterocycles. The Hall–Kier alpha value is -3.40. The third-order valence-corrected chi connectivity index (χ3v) is 5.67. The third-order valence-electron chi connectivity index (χ3n) is 5.67. The molecule has 0 bridgehead atoms. The van der Waals surface area contributed by atoms with Gasteiger partial charge in [0, 0.05) is 25.2 Å². The molecule has 0 spiro atoms. The van der Waals surface area contributed by atoms with Crippen molar-refractivity contribution in [1.82, 2.24) is 15.1 Å². The molecule has 188 valence electrons. The summed E-state index contributed by atoms with van der Waals surface area (Å²) in [4.78, 5) is 40.5. The van der Waals surface area contributed by atoms with Crippen LogP contribution in [0.2, 0.25) is 0 Å². The fourth-order valence-electron chi connectivity index (χ4n) is 3.87. The molecule has 3 amide bonds. The number of carbonyl (C=O) groups is 3. The van der Waals surface area contributed by atoms with Crippen molar-refractivity contribution < 1.29 is 27.6 Å². The Balaban J connectivity index is 1.49. The van der Waals surface area contributed by atoms with Crippen molar-refractivity contribution >= 4 is 23.4 Å². The molecule has 2 N–H and O–H groups in total. The van der Waals surface area contributed by atoms with E-state index in [9.17, 15) is 27.6 Å². The third kappa shape index (κ3) is 7.29. The fourth-order valence-corrected chi connectivity index (χ4v) is 3.87. The predicted molar refractivity (Wildman–Crippen MR) is 125 cm³/mol. The van der Waals surface area contributed by atoms with Crippen LogP contribution in [0.25, 0.3) is 0 Å². The molecule has 2 aromatic rings. The van der Waals surface area contributed by atoms with E-state index in [1.165, 1.54) is 0 Å². The van der Waals surface area contributed by atoms with E-state index in [0.29, 0.717) is 18.5 Å². The van der Waals surface area contributed by atoms with Crippen molar-refractivity contribution in [2.45, 2.75) is 32.7 Å². The molecule has 1 fully saturated rings. The van der Waals surface area contributed by atoms with Gasteiger partial charge < -0.3 is 15.5 Å². The van der Waals surface area contributed by atoms with Gasteiger partial charge in [0.25, 0.3) is 5.91 Å². The predicted octanol–water partition coefficient (Wildman–Crippen LogP) is 3.31. The lowest BCUT2D eigenvalue weighted by molar-refractivity contribution is -0.123. The number of benzene rings is 2. The average molecular weight is 491 g/mol. The summed E-state index contributed by atoms with van der Waals surface area (Å²) >= 11 is 0. The average Bonchev–Trinajstić information content (AvgIpc) is 3.38. The molecule has 7 nitrogen and oxygen atoms in total. The molecule has 1 saturated heterocycles. The highest BCUT2D eigenvalue weighted by Gasteiger charge is 2.20. The Morgan fingerprint density at radius 3 is 2.23 bits per heavy atom. The summed E-state index contributed by atoms with van der Waals surface area (Å²) in [6.07, 6.45) is 2.70. The number of carbonyl (C=O) groups excluding carboxylic acids is 3. The van der Waals surface area contributed by atoms with Gasteiger partial charge in [0.05, 0.1) is 18.8 Å². The summed E-state index contributed by atoms with van der Waals surface area (Å²) in [5.74, 6) is -5.46. The van der Waals surface area contributed by atoms with Crippen LogP contribution < -0.4 is 10.6 Å². The van der Waals surface area contributed by atoms with Crippen LogP contribution in [-0.2, 0) is 16.1 Å². The molecule has 1 heterocycles. The van der Waals surface area contributed by atoms with Gasteiger partial charge in [-0.3, -0.25) is 19.3 Å². The number of halogens is 3. The Bertz CT molecular complexity index is 1060. The Kier molecular flexibility index (Phi) is 9.25. The minimum absolute atomic E-state index is 0.00910. The number of hydrogen-bond donors (Lipinski definition) is 2. The van der Waals surface area contributed by atoms with Gasteiger partial charge in [-0.15, -0.1) is 0 Å². The van der Waals surface area contributed by atoms with E-state index < -0.39 is 29.0 Å². The standard InChI is InChI=1S/C25H29F3N4O3/c1-2-11-31(16-22(34)30-20-10-9-19(26)23(27)24(20)28)15-21(33)29-14-17-5-7-18(8-6-17)25(35)32-12-3-4-13-32/h5-10H,2-4,11-16H2,1H3,(H,29,33)(H,30,34). The van der Waals surface area contributed by atoms with Gasteiger partial charge >= 0.3 is 0 Å². The number of rotatable bonds is 10. The zero-order chi connectivity index (χ0) is 25.4. The first-order valence-electron chi connectivity index (χ1n) is 11.6. The lowest BCUT2D eigenvalue weighted by atomic mass is 10.1. The van der Waals surface area contributed by atoms with Gasteiger partial charge in [-0.25, -0.2) is 13.2 Å². The first-order chi connectivity index (χ1) is 16.8. The Morgan fingerprint density at radius 1 is 0.914 bits per heavy atom. The van der Waals surface area contributed by atoms with Gasteiger partial charge in [0.1, 0.15) is 0 Å². The van der Waals surface area contributed by atoms with E-state index >= 15 is 0 Å². The highest BCUT2D eigenvalue weighted by atomic mass is 19.2. The minimum Gasteiger partial charge on any atom is -0.351 e. The van der Waals surface area contributed by atoms with Gasteiger partial charge in [-0.2, -0.15) is 0 Å². The van der Waals surface area contributed by atoms with Crippen LogP contribution in [0.15, 0.2) is 36.4 Å². The molecule has 3 rings (SSSR count). The molecule has 0 aliphatic carbocycles. The second kappa shape index (κ2) is 12.3. The summed E-state index contributed by atoms with van der Waals surface area (Å²) in [5.41, 5.74) is 0.964. The van der Waals surface area contributed by atoms with Crippen LogP contribution in [0.1, 0.15) is 42.1 Å². The number of likely N-dealkylation sites (tertiary alicyclic amines) is 1. The molecule has 10 heteroatoms. The van der Waals surface area contributed by atoms with E-state index in [-0.39, 0.29) is 31.4 Å². The first kappa shape index (κ1) is 26.2. The maximum absolute atomic E-state index is 13.8. The van der Waals surface area contributed by atoms with Crippen LogP contribution >= 0.6 is 0 Å². The molecule has 2 aromatic carbocycles. The number of nitrogens with one attached hydrogen (secondary N) is 2. The van der Waals surface area contributed by atoms with E-state index in [1.807, 2.05) is 11.8 Å². The zero-order valence-corrected chi connectivity index (χ0v) is 19.6. The van der Waals surface area contributed by atoms with E-state index in [4.69, 9.17) is 0 Å². The van der Waals surface area contributed by atoms with Crippen molar-refractivity contribution in [2.24, 2.45) is 0 Å². The Morgan fingerprint density at radius 2 is 1.57 bits per heavy atom. The molecule has 0 saturated carbocycles. The lowest BCUT2D eigenvalue weighted by Crippen LogP contribution is -2.41. The number of amides is 3. The van der Waals surface area contributed by atoms with Crippen LogP contribution in [0.4, 0.5) is 18.9 Å². The summed E-state index contributed by atoms with van der Waals surface area (Å²) in [5, 5.41) is 4.99. The molecule has 1 aliphatic rings. The van der Waals surface area contributed by atoms with Gasteiger partial charge in [-0.1, -0.05) is 19.1 Å². The highest BCUT2D eigenvalue weighted by molar-refractivity contribution is 5.94. The van der Waals surface area contributed by atoms with Crippen LogP contribution in [0.3, 0.4) is 0 Å². The maximum Gasteiger partial charge on any atom is 0.253 e. The molecule has 0 radical (unpaired) electrons. The summed E-state index contributed by atoms with van der Waals surface area (Å²) in [7, 11) is 0. The van der Waals surface area contributed by atoms with Crippen LogP contribution in [0, 0.1) is 17.5 Å². The number of hydrogen-bond acceptors (Lipinski definition) is 4. The van der Waals surface area contributed by atoms with Gasteiger partial charge in [-0.05, 0) is 55.6 Å². The first-order valence-corrected chi connectivity index (χ1v) is 11.6. The largest absolute Gasteiger partial charge is 0.351 e. The second-order valence-electron chi connectivity index (χ2n) is 8.45. The molecular formula is C25H29F3N4O3. The lowest BCUT2D eigenvalue weighted by Gasteiger charge is -2.21. The monoisotopic (exact) mass is 490 g/mol. The zero-order valence-electron chi connectivity index (χ0n) is 19.6. The smallest absolute Gasteiger partial charge is 0.253 e.